The van der Waals surface area contributed by atoms with E-state index in [-0.39, 0.29) is 6.04 Å². The van der Waals surface area contributed by atoms with Crippen LogP contribution in [-0.2, 0) is 0 Å². The molecule has 17 heavy (non-hydrogen) atoms. The van der Waals surface area contributed by atoms with Crippen molar-refractivity contribution in [3.05, 3.63) is 24.0 Å². The molecule has 1 atom stereocenters. The van der Waals surface area contributed by atoms with Crippen molar-refractivity contribution in [3.63, 3.8) is 0 Å². The van der Waals surface area contributed by atoms with Crippen LogP contribution in [0.4, 0.5) is 5.69 Å². The van der Waals surface area contributed by atoms with Gasteiger partial charge in [0.25, 0.3) is 0 Å². The average Bonchev–Trinajstić information content (AvgIpc) is 2.38. The Hall–Kier alpha value is -1.09. The van der Waals surface area contributed by atoms with Crippen LogP contribution in [0.1, 0.15) is 51.8 Å². The molecule has 0 saturated heterocycles. The Morgan fingerprint density at radius 2 is 1.82 bits per heavy atom. The van der Waals surface area contributed by atoms with E-state index in [1.807, 2.05) is 6.20 Å². The van der Waals surface area contributed by atoms with Crippen molar-refractivity contribution in [2.45, 2.75) is 46.1 Å². The number of aromatic nitrogens is 1. The molecule has 1 rings (SSSR count). The standard InChI is InChI=1S/C14H25N3/c1-4-9-17(10-5-2)12-7-8-14(16-11-12)13(15)6-3/h7-8,11,13H,4-6,9-10,15H2,1-3H3/t13-/m1/s1. The molecule has 2 N–H and O–H groups in total. The molecule has 0 amide bonds. The number of anilines is 1. The van der Waals surface area contributed by atoms with Crippen LogP contribution in [-0.4, -0.2) is 18.1 Å². The fourth-order valence-corrected chi connectivity index (χ4v) is 1.92. The molecule has 0 aliphatic heterocycles. The zero-order chi connectivity index (χ0) is 12.7. The predicted octanol–water partition coefficient (Wildman–Crippen LogP) is 3.12. The van der Waals surface area contributed by atoms with E-state index in [2.05, 4.69) is 42.8 Å². The van der Waals surface area contributed by atoms with Gasteiger partial charge in [0, 0.05) is 19.1 Å². The maximum atomic E-state index is 5.96. The number of pyridine rings is 1. The van der Waals surface area contributed by atoms with E-state index in [1.165, 1.54) is 5.69 Å². The number of hydrogen-bond donors (Lipinski definition) is 1. The number of nitrogens with zero attached hydrogens (tertiary/aromatic N) is 2. The Morgan fingerprint density at radius 3 is 2.24 bits per heavy atom. The minimum atomic E-state index is 0.0647. The average molecular weight is 235 g/mol. The summed E-state index contributed by atoms with van der Waals surface area (Å²) in [5.41, 5.74) is 8.16. The van der Waals surface area contributed by atoms with Crippen LogP contribution in [0.15, 0.2) is 18.3 Å². The van der Waals surface area contributed by atoms with E-state index in [0.717, 1.165) is 38.0 Å². The molecule has 1 heterocycles. The molecule has 0 aliphatic rings. The molecule has 0 saturated carbocycles. The SMILES string of the molecule is CCCN(CCC)c1ccc([C@H](N)CC)nc1. The smallest absolute Gasteiger partial charge is 0.0572 e. The van der Waals surface area contributed by atoms with Gasteiger partial charge in [0.05, 0.1) is 17.6 Å². The first-order chi connectivity index (χ1) is 8.22. The first-order valence-electron chi connectivity index (χ1n) is 6.69. The van der Waals surface area contributed by atoms with Crippen molar-refractivity contribution in [1.82, 2.24) is 4.98 Å². The Balaban J connectivity index is 2.76. The van der Waals surface area contributed by atoms with Crippen LogP contribution in [0, 0.1) is 0 Å². The highest BCUT2D eigenvalue weighted by Crippen LogP contribution is 2.17. The highest BCUT2D eigenvalue weighted by Gasteiger charge is 2.07. The van der Waals surface area contributed by atoms with Gasteiger partial charge in [0.1, 0.15) is 0 Å². The van der Waals surface area contributed by atoms with E-state index in [0.29, 0.717) is 0 Å². The fraction of sp³-hybridized carbons (Fsp3) is 0.643. The van der Waals surface area contributed by atoms with Gasteiger partial charge in [-0.25, -0.2) is 0 Å². The van der Waals surface area contributed by atoms with Gasteiger partial charge in [-0.1, -0.05) is 20.8 Å². The quantitative estimate of drug-likeness (QED) is 0.789. The van der Waals surface area contributed by atoms with E-state index in [9.17, 15) is 0 Å². The molecule has 0 unspecified atom stereocenters. The third kappa shape index (κ3) is 4.00. The van der Waals surface area contributed by atoms with Crippen molar-refractivity contribution in [2.75, 3.05) is 18.0 Å². The molecule has 0 bridgehead atoms. The van der Waals surface area contributed by atoms with Crippen LogP contribution in [0.2, 0.25) is 0 Å². The zero-order valence-corrected chi connectivity index (χ0v) is 11.3. The second-order valence-corrected chi connectivity index (χ2v) is 4.44. The molecule has 0 radical (unpaired) electrons. The van der Waals surface area contributed by atoms with Gasteiger partial charge >= 0.3 is 0 Å². The lowest BCUT2D eigenvalue weighted by Crippen LogP contribution is -2.25. The summed E-state index contributed by atoms with van der Waals surface area (Å²) in [6, 6.07) is 4.26. The van der Waals surface area contributed by atoms with Crippen LogP contribution in [0.5, 0.6) is 0 Å². The minimum Gasteiger partial charge on any atom is -0.370 e. The Labute approximate surface area is 105 Å². The topological polar surface area (TPSA) is 42.1 Å². The Kier molecular flexibility index (Phi) is 5.98. The number of hydrogen-bond acceptors (Lipinski definition) is 3. The van der Waals surface area contributed by atoms with Gasteiger partial charge in [-0.3, -0.25) is 4.98 Å². The second-order valence-electron chi connectivity index (χ2n) is 4.44. The van der Waals surface area contributed by atoms with E-state index < -0.39 is 0 Å². The van der Waals surface area contributed by atoms with Gasteiger partial charge in [-0.2, -0.15) is 0 Å². The number of nitrogens with two attached hydrogens (primary N) is 1. The van der Waals surface area contributed by atoms with Crippen LogP contribution in [0.25, 0.3) is 0 Å². The largest absolute Gasteiger partial charge is 0.370 e. The first kappa shape index (κ1) is 14.0. The Bertz CT molecular complexity index is 302. The summed E-state index contributed by atoms with van der Waals surface area (Å²) >= 11 is 0. The molecule has 0 fully saturated rings. The summed E-state index contributed by atoms with van der Waals surface area (Å²) in [5, 5.41) is 0. The monoisotopic (exact) mass is 235 g/mol. The van der Waals surface area contributed by atoms with Crippen molar-refractivity contribution in [1.29, 1.82) is 0 Å². The summed E-state index contributed by atoms with van der Waals surface area (Å²) in [4.78, 5) is 6.85. The van der Waals surface area contributed by atoms with Gasteiger partial charge in [-0.05, 0) is 31.4 Å². The van der Waals surface area contributed by atoms with Gasteiger partial charge in [-0.15, -0.1) is 0 Å². The lowest BCUT2D eigenvalue weighted by Gasteiger charge is -2.23. The zero-order valence-electron chi connectivity index (χ0n) is 11.3. The van der Waals surface area contributed by atoms with Gasteiger partial charge < -0.3 is 10.6 Å². The van der Waals surface area contributed by atoms with Crippen molar-refractivity contribution in [2.24, 2.45) is 5.73 Å². The molecule has 0 aliphatic carbocycles. The minimum absolute atomic E-state index is 0.0647. The van der Waals surface area contributed by atoms with Gasteiger partial charge in [0.2, 0.25) is 0 Å². The highest BCUT2D eigenvalue weighted by atomic mass is 15.1. The second kappa shape index (κ2) is 7.28. The molecule has 1 aromatic heterocycles. The maximum absolute atomic E-state index is 5.96. The lowest BCUT2D eigenvalue weighted by atomic mass is 10.1. The van der Waals surface area contributed by atoms with Crippen molar-refractivity contribution in [3.8, 4) is 0 Å². The summed E-state index contributed by atoms with van der Waals surface area (Å²) in [6.07, 6.45) is 5.21. The van der Waals surface area contributed by atoms with E-state index in [1.54, 1.807) is 0 Å². The van der Waals surface area contributed by atoms with Crippen LogP contribution in [0.3, 0.4) is 0 Å². The van der Waals surface area contributed by atoms with Crippen LogP contribution < -0.4 is 10.6 Å². The maximum Gasteiger partial charge on any atom is 0.0572 e. The summed E-state index contributed by atoms with van der Waals surface area (Å²) in [6.45, 7) is 8.68. The van der Waals surface area contributed by atoms with E-state index in [4.69, 9.17) is 5.73 Å². The Morgan fingerprint density at radius 1 is 1.18 bits per heavy atom. The molecule has 3 heteroatoms. The summed E-state index contributed by atoms with van der Waals surface area (Å²) in [7, 11) is 0. The van der Waals surface area contributed by atoms with Gasteiger partial charge in [0.15, 0.2) is 0 Å². The molecule has 3 nitrogen and oxygen atoms in total. The fourth-order valence-electron chi connectivity index (χ4n) is 1.92. The third-order valence-electron chi connectivity index (χ3n) is 2.94. The summed E-state index contributed by atoms with van der Waals surface area (Å²) < 4.78 is 0. The normalized spacial score (nSPS) is 12.5. The highest BCUT2D eigenvalue weighted by molar-refractivity contribution is 5.44. The molecule has 96 valence electrons. The molecule has 1 aromatic rings. The number of rotatable bonds is 7. The van der Waals surface area contributed by atoms with Crippen molar-refractivity contribution >= 4 is 5.69 Å². The molecule has 0 spiro atoms. The molecule has 0 aromatic carbocycles. The van der Waals surface area contributed by atoms with Crippen LogP contribution >= 0.6 is 0 Å². The third-order valence-corrected chi connectivity index (χ3v) is 2.94. The summed E-state index contributed by atoms with van der Waals surface area (Å²) in [5.74, 6) is 0. The molecular formula is C14H25N3. The van der Waals surface area contributed by atoms with E-state index >= 15 is 0 Å². The first-order valence-corrected chi connectivity index (χ1v) is 6.69. The molecular weight excluding hydrogens is 210 g/mol. The van der Waals surface area contributed by atoms with Crippen molar-refractivity contribution < 1.29 is 0 Å². The lowest BCUT2D eigenvalue weighted by molar-refractivity contribution is 0.673. The predicted molar refractivity (Wildman–Crippen MR) is 74.3 cm³/mol.